The molecule has 0 fully saturated rings. The summed E-state index contributed by atoms with van der Waals surface area (Å²) in [5, 5.41) is 13.3. The standard InChI is InChI=1S/C10H23NO/c1-5-7-10(12,6-2)8-11-9(3)4/h9,11-12H,5-8H2,1-4H3. The van der Waals surface area contributed by atoms with Gasteiger partial charge in [-0.3, -0.25) is 0 Å². The van der Waals surface area contributed by atoms with Gasteiger partial charge in [-0.1, -0.05) is 34.1 Å². The molecule has 0 rings (SSSR count). The van der Waals surface area contributed by atoms with Crippen molar-refractivity contribution in [3.63, 3.8) is 0 Å². The van der Waals surface area contributed by atoms with E-state index in [9.17, 15) is 5.11 Å². The van der Waals surface area contributed by atoms with Crippen LogP contribution >= 0.6 is 0 Å². The van der Waals surface area contributed by atoms with Crippen molar-refractivity contribution >= 4 is 0 Å². The van der Waals surface area contributed by atoms with Crippen molar-refractivity contribution in [2.75, 3.05) is 6.54 Å². The summed E-state index contributed by atoms with van der Waals surface area (Å²) in [6.07, 6.45) is 2.77. The van der Waals surface area contributed by atoms with E-state index in [1.165, 1.54) is 0 Å². The van der Waals surface area contributed by atoms with Gasteiger partial charge in [0.25, 0.3) is 0 Å². The second-order valence-electron chi connectivity index (χ2n) is 3.86. The molecule has 0 heterocycles. The third kappa shape index (κ3) is 4.73. The minimum absolute atomic E-state index is 0.458. The largest absolute Gasteiger partial charge is 0.389 e. The molecule has 2 heteroatoms. The van der Waals surface area contributed by atoms with Gasteiger partial charge in [-0.05, 0) is 12.8 Å². The van der Waals surface area contributed by atoms with Gasteiger partial charge < -0.3 is 10.4 Å². The van der Waals surface area contributed by atoms with Crippen LogP contribution in [-0.4, -0.2) is 23.3 Å². The van der Waals surface area contributed by atoms with Crippen molar-refractivity contribution in [3.05, 3.63) is 0 Å². The van der Waals surface area contributed by atoms with E-state index in [4.69, 9.17) is 0 Å². The summed E-state index contributed by atoms with van der Waals surface area (Å²) in [5.41, 5.74) is -0.487. The van der Waals surface area contributed by atoms with E-state index in [2.05, 4.69) is 26.1 Å². The fraction of sp³-hybridized carbons (Fsp3) is 1.00. The summed E-state index contributed by atoms with van der Waals surface area (Å²) >= 11 is 0. The fourth-order valence-corrected chi connectivity index (χ4v) is 1.25. The molecule has 0 aromatic heterocycles. The molecule has 74 valence electrons. The fourth-order valence-electron chi connectivity index (χ4n) is 1.25. The number of hydrogen-bond acceptors (Lipinski definition) is 2. The molecule has 0 aromatic rings. The second kappa shape index (κ2) is 5.55. The molecule has 0 saturated carbocycles. The Morgan fingerprint density at radius 2 is 1.92 bits per heavy atom. The molecule has 0 radical (unpaired) electrons. The minimum atomic E-state index is -0.487. The number of rotatable bonds is 6. The van der Waals surface area contributed by atoms with Gasteiger partial charge in [-0.15, -0.1) is 0 Å². The topological polar surface area (TPSA) is 32.3 Å². The summed E-state index contributed by atoms with van der Waals surface area (Å²) in [6, 6.07) is 0.458. The van der Waals surface area contributed by atoms with E-state index in [1.807, 2.05) is 6.92 Å². The molecular formula is C10H23NO. The second-order valence-corrected chi connectivity index (χ2v) is 3.86. The molecule has 0 aliphatic rings. The van der Waals surface area contributed by atoms with Crippen LogP contribution in [0.25, 0.3) is 0 Å². The maximum absolute atomic E-state index is 10.0. The zero-order valence-electron chi connectivity index (χ0n) is 8.85. The van der Waals surface area contributed by atoms with E-state index in [1.54, 1.807) is 0 Å². The van der Waals surface area contributed by atoms with Gasteiger partial charge >= 0.3 is 0 Å². The number of aliphatic hydroxyl groups is 1. The quantitative estimate of drug-likeness (QED) is 0.643. The first-order chi connectivity index (χ1) is 5.54. The first-order valence-electron chi connectivity index (χ1n) is 5.00. The smallest absolute Gasteiger partial charge is 0.0768 e. The lowest BCUT2D eigenvalue weighted by Crippen LogP contribution is -2.42. The Balaban J connectivity index is 3.78. The Morgan fingerprint density at radius 1 is 1.33 bits per heavy atom. The monoisotopic (exact) mass is 173 g/mol. The van der Waals surface area contributed by atoms with E-state index in [0.29, 0.717) is 6.04 Å². The van der Waals surface area contributed by atoms with Crippen LogP contribution in [0.5, 0.6) is 0 Å². The van der Waals surface area contributed by atoms with Crippen LogP contribution < -0.4 is 5.32 Å². The van der Waals surface area contributed by atoms with E-state index < -0.39 is 5.60 Å². The molecule has 0 saturated heterocycles. The lowest BCUT2D eigenvalue weighted by molar-refractivity contribution is 0.0254. The highest BCUT2D eigenvalue weighted by Gasteiger charge is 2.22. The van der Waals surface area contributed by atoms with Gasteiger partial charge in [-0.2, -0.15) is 0 Å². The Bertz CT molecular complexity index is 114. The van der Waals surface area contributed by atoms with E-state index in [0.717, 1.165) is 25.8 Å². The zero-order valence-corrected chi connectivity index (χ0v) is 8.85. The molecular weight excluding hydrogens is 150 g/mol. The van der Waals surface area contributed by atoms with Crippen LogP contribution in [0.15, 0.2) is 0 Å². The molecule has 0 bridgehead atoms. The van der Waals surface area contributed by atoms with Crippen molar-refractivity contribution in [1.82, 2.24) is 5.32 Å². The van der Waals surface area contributed by atoms with Gasteiger partial charge in [0.1, 0.15) is 0 Å². The van der Waals surface area contributed by atoms with Gasteiger partial charge in [-0.25, -0.2) is 0 Å². The maximum atomic E-state index is 10.0. The van der Waals surface area contributed by atoms with Gasteiger partial charge in [0.15, 0.2) is 0 Å². The average molecular weight is 173 g/mol. The van der Waals surface area contributed by atoms with Crippen LogP contribution in [-0.2, 0) is 0 Å². The third-order valence-corrected chi connectivity index (χ3v) is 2.21. The zero-order chi connectivity index (χ0) is 9.61. The van der Waals surface area contributed by atoms with Crippen molar-refractivity contribution in [3.8, 4) is 0 Å². The van der Waals surface area contributed by atoms with Gasteiger partial charge in [0, 0.05) is 12.6 Å². The Kier molecular flexibility index (Phi) is 5.51. The predicted molar refractivity (Wildman–Crippen MR) is 53.3 cm³/mol. The highest BCUT2D eigenvalue weighted by atomic mass is 16.3. The van der Waals surface area contributed by atoms with Crippen LogP contribution in [0.2, 0.25) is 0 Å². The van der Waals surface area contributed by atoms with Crippen molar-refractivity contribution in [2.45, 2.75) is 58.6 Å². The molecule has 0 aromatic carbocycles. The highest BCUT2D eigenvalue weighted by molar-refractivity contribution is 4.79. The molecule has 12 heavy (non-hydrogen) atoms. The van der Waals surface area contributed by atoms with Gasteiger partial charge in [0.05, 0.1) is 5.60 Å². The van der Waals surface area contributed by atoms with Crippen LogP contribution in [0.4, 0.5) is 0 Å². The molecule has 1 unspecified atom stereocenters. The summed E-state index contributed by atoms with van der Waals surface area (Å²) in [6.45, 7) is 9.06. The predicted octanol–water partition coefficient (Wildman–Crippen LogP) is 1.93. The van der Waals surface area contributed by atoms with Crippen molar-refractivity contribution in [1.29, 1.82) is 0 Å². The summed E-state index contributed by atoms with van der Waals surface area (Å²) in [7, 11) is 0. The van der Waals surface area contributed by atoms with Crippen molar-refractivity contribution < 1.29 is 5.11 Å². The van der Waals surface area contributed by atoms with E-state index in [-0.39, 0.29) is 0 Å². The normalized spacial score (nSPS) is 16.5. The Hall–Kier alpha value is -0.0800. The van der Waals surface area contributed by atoms with Crippen LogP contribution in [0.1, 0.15) is 47.0 Å². The number of nitrogens with one attached hydrogen (secondary N) is 1. The summed E-state index contributed by atoms with van der Waals surface area (Å²) in [5.74, 6) is 0. The molecule has 0 aliphatic carbocycles. The first kappa shape index (κ1) is 11.9. The van der Waals surface area contributed by atoms with E-state index >= 15 is 0 Å². The SMILES string of the molecule is CCCC(O)(CC)CNC(C)C. The van der Waals surface area contributed by atoms with Crippen molar-refractivity contribution in [2.24, 2.45) is 0 Å². The molecule has 0 amide bonds. The minimum Gasteiger partial charge on any atom is -0.389 e. The highest BCUT2D eigenvalue weighted by Crippen LogP contribution is 2.15. The summed E-state index contributed by atoms with van der Waals surface area (Å²) in [4.78, 5) is 0. The van der Waals surface area contributed by atoms with Crippen LogP contribution in [0.3, 0.4) is 0 Å². The first-order valence-corrected chi connectivity index (χ1v) is 5.00. The molecule has 2 N–H and O–H groups in total. The Labute approximate surface area is 76.4 Å². The molecule has 0 aliphatic heterocycles. The molecule has 1 atom stereocenters. The summed E-state index contributed by atoms with van der Waals surface area (Å²) < 4.78 is 0. The lowest BCUT2D eigenvalue weighted by Gasteiger charge is -2.27. The third-order valence-electron chi connectivity index (χ3n) is 2.21. The lowest BCUT2D eigenvalue weighted by atomic mass is 9.95. The van der Waals surface area contributed by atoms with Gasteiger partial charge in [0.2, 0.25) is 0 Å². The molecule has 2 nitrogen and oxygen atoms in total. The molecule has 0 spiro atoms. The Morgan fingerprint density at radius 3 is 2.25 bits per heavy atom. The number of hydrogen-bond donors (Lipinski definition) is 2. The maximum Gasteiger partial charge on any atom is 0.0768 e. The average Bonchev–Trinajstić information content (AvgIpc) is 2.02. The van der Waals surface area contributed by atoms with Crippen LogP contribution in [0, 0.1) is 0 Å².